The zero-order valence-corrected chi connectivity index (χ0v) is 14.5. The third kappa shape index (κ3) is 6.30. The maximum absolute atomic E-state index is 10.9. The number of amides is 2. The Labute approximate surface area is 135 Å². The standard InChI is InChI=1S/C6H11NO4S.C6H11NO2S/c1-11-6(8)7-2-4-12(9,10)5-3-7;1-9-6(8)7-2-4-10-5-3-7/h2-5H2,1H3;2-5H2,1H3. The van der Waals surface area contributed by atoms with Gasteiger partial charge in [-0.3, -0.25) is 0 Å². The van der Waals surface area contributed by atoms with Crippen LogP contribution in [0.15, 0.2) is 0 Å². The third-order valence-electron chi connectivity index (χ3n) is 3.22. The minimum Gasteiger partial charge on any atom is -0.453 e. The maximum atomic E-state index is 10.9. The fourth-order valence-corrected chi connectivity index (χ4v) is 4.00. The molecule has 8 nitrogen and oxygen atoms in total. The molecule has 2 aliphatic rings. The predicted octanol–water partition coefficient (Wildman–Crippen LogP) is 0.285. The number of carbonyl (C=O) groups is 2. The zero-order valence-electron chi connectivity index (χ0n) is 12.8. The highest BCUT2D eigenvalue weighted by Gasteiger charge is 2.25. The highest BCUT2D eigenvalue weighted by Crippen LogP contribution is 2.09. The quantitative estimate of drug-likeness (QED) is 0.617. The first-order valence-electron chi connectivity index (χ1n) is 6.83. The molecular formula is C12H22N2O6S2. The molecule has 0 aliphatic carbocycles. The average molecular weight is 354 g/mol. The molecule has 0 unspecified atom stereocenters. The van der Waals surface area contributed by atoms with Gasteiger partial charge >= 0.3 is 12.2 Å². The van der Waals surface area contributed by atoms with E-state index in [-0.39, 0.29) is 30.7 Å². The molecule has 22 heavy (non-hydrogen) atoms. The second kappa shape index (κ2) is 9.09. The summed E-state index contributed by atoms with van der Waals surface area (Å²) >= 11 is 1.88. The lowest BCUT2D eigenvalue weighted by Gasteiger charge is -2.24. The molecule has 2 saturated heterocycles. The van der Waals surface area contributed by atoms with Crippen molar-refractivity contribution in [2.75, 3.05) is 63.4 Å². The molecule has 0 atom stereocenters. The Bertz CT molecular complexity index is 462. The largest absolute Gasteiger partial charge is 0.453 e. The molecule has 2 aliphatic heterocycles. The van der Waals surface area contributed by atoms with Gasteiger partial charge in [0.1, 0.15) is 0 Å². The van der Waals surface area contributed by atoms with Gasteiger partial charge in [-0.2, -0.15) is 11.8 Å². The van der Waals surface area contributed by atoms with Crippen molar-refractivity contribution in [2.45, 2.75) is 0 Å². The molecule has 10 heteroatoms. The monoisotopic (exact) mass is 354 g/mol. The smallest absolute Gasteiger partial charge is 0.409 e. The van der Waals surface area contributed by atoms with Gasteiger partial charge in [0.15, 0.2) is 9.84 Å². The Morgan fingerprint density at radius 2 is 1.27 bits per heavy atom. The van der Waals surface area contributed by atoms with Gasteiger partial charge in [-0.25, -0.2) is 18.0 Å². The fraction of sp³-hybridized carbons (Fsp3) is 0.833. The fourth-order valence-electron chi connectivity index (χ4n) is 1.90. The number of nitrogens with zero attached hydrogens (tertiary/aromatic N) is 2. The van der Waals surface area contributed by atoms with Crippen LogP contribution in [-0.2, 0) is 19.3 Å². The highest BCUT2D eigenvalue weighted by molar-refractivity contribution is 7.99. The van der Waals surface area contributed by atoms with Crippen LogP contribution in [0.25, 0.3) is 0 Å². The summed E-state index contributed by atoms with van der Waals surface area (Å²) in [5.41, 5.74) is 0. The molecule has 0 spiro atoms. The molecule has 0 aromatic rings. The van der Waals surface area contributed by atoms with E-state index in [1.807, 2.05) is 11.8 Å². The van der Waals surface area contributed by atoms with Crippen LogP contribution in [0, 0.1) is 0 Å². The maximum Gasteiger partial charge on any atom is 0.409 e. The second-order valence-electron chi connectivity index (χ2n) is 4.68. The number of methoxy groups -OCH3 is 2. The molecule has 0 bridgehead atoms. The number of hydrogen-bond donors (Lipinski definition) is 0. The summed E-state index contributed by atoms with van der Waals surface area (Å²) in [5, 5.41) is 0. The van der Waals surface area contributed by atoms with E-state index in [1.54, 1.807) is 4.90 Å². The number of carbonyl (C=O) groups excluding carboxylic acids is 2. The molecule has 0 aromatic carbocycles. The number of thioether (sulfide) groups is 1. The van der Waals surface area contributed by atoms with Crippen molar-refractivity contribution in [3.05, 3.63) is 0 Å². The van der Waals surface area contributed by atoms with E-state index in [9.17, 15) is 18.0 Å². The summed E-state index contributed by atoms with van der Waals surface area (Å²) in [6.45, 7) is 2.15. The summed E-state index contributed by atoms with van der Waals surface area (Å²) in [7, 11) is -0.203. The van der Waals surface area contributed by atoms with Crippen molar-refractivity contribution < 1.29 is 27.5 Å². The molecule has 128 valence electrons. The van der Waals surface area contributed by atoms with E-state index in [2.05, 4.69) is 9.47 Å². The van der Waals surface area contributed by atoms with Crippen LogP contribution in [0.2, 0.25) is 0 Å². The molecule has 2 amide bonds. The summed E-state index contributed by atoms with van der Waals surface area (Å²) in [6, 6.07) is 0. The summed E-state index contributed by atoms with van der Waals surface area (Å²) < 4.78 is 30.9. The van der Waals surface area contributed by atoms with Gasteiger partial charge in [-0.15, -0.1) is 0 Å². The molecule has 0 N–H and O–H groups in total. The number of sulfone groups is 1. The molecule has 0 saturated carbocycles. The lowest BCUT2D eigenvalue weighted by molar-refractivity contribution is 0.126. The van der Waals surface area contributed by atoms with Gasteiger partial charge in [-0.05, 0) is 0 Å². The average Bonchev–Trinajstić information content (AvgIpc) is 2.55. The van der Waals surface area contributed by atoms with Crippen LogP contribution >= 0.6 is 11.8 Å². The number of rotatable bonds is 0. The molecular weight excluding hydrogens is 332 g/mol. The van der Waals surface area contributed by atoms with Crippen molar-refractivity contribution in [1.82, 2.24) is 9.80 Å². The van der Waals surface area contributed by atoms with Crippen LogP contribution in [0.5, 0.6) is 0 Å². The first-order chi connectivity index (χ1) is 10.4. The van der Waals surface area contributed by atoms with Crippen LogP contribution in [0.4, 0.5) is 9.59 Å². The van der Waals surface area contributed by atoms with Gasteiger partial charge in [0.2, 0.25) is 0 Å². The van der Waals surface area contributed by atoms with Gasteiger partial charge in [0, 0.05) is 37.7 Å². The first-order valence-corrected chi connectivity index (χ1v) is 9.81. The molecule has 0 radical (unpaired) electrons. The summed E-state index contributed by atoms with van der Waals surface area (Å²) in [4.78, 5) is 24.9. The summed E-state index contributed by atoms with van der Waals surface area (Å²) in [6.07, 6.45) is -0.648. The van der Waals surface area contributed by atoms with Crippen molar-refractivity contribution in [2.24, 2.45) is 0 Å². The number of hydrogen-bond acceptors (Lipinski definition) is 7. The lowest BCUT2D eigenvalue weighted by Crippen LogP contribution is -2.43. The van der Waals surface area contributed by atoms with Crippen LogP contribution < -0.4 is 0 Å². The Balaban J connectivity index is 0.000000224. The SMILES string of the molecule is COC(=O)N1CCS(=O)(=O)CC1.COC(=O)N1CCSCC1. The Morgan fingerprint density at radius 1 is 0.864 bits per heavy atom. The minimum atomic E-state index is -2.91. The number of ether oxygens (including phenoxy) is 2. The van der Waals surface area contributed by atoms with Crippen LogP contribution in [-0.4, -0.2) is 93.8 Å². The van der Waals surface area contributed by atoms with Gasteiger partial charge in [0.25, 0.3) is 0 Å². The Morgan fingerprint density at radius 3 is 1.68 bits per heavy atom. The predicted molar refractivity (Wildman–Crippen MR) is 83.9 cm³/mol. The zero-order chi connectivity index (χ0) is 16.6. The first kappa shape index (κ1) is 18.9. The minimum absolute atomic E-state index is 0.0437. The Kier molecular flexibility index (Phi) is 7.80. The van der Waals surface area contributed by atoms with Crippen LogP contribution in [0.1, 0.15) is 0 Å². The van der Waals surface area contributed by atoms with Crippen LogP contribution in [0.3, 0.4) is 0 Å². The summed E-state index contributed by atoms with van der Waals surface area (Å²) in [5.74, 6) is 2.16. The Hall–Kier alpha value is -1.16. The highest BCUT2D eigenvalue weighted by atomic mass is 32.2. The molecule has 2 heterocycles. The van der Waals surface area contributed by atoms with E-state index in [4.69, 9.17) is 0 Å². The third-order valence-corrected chi connectivity index (χ3v) is 5.77. The van der Waals surface area contributed by atoms with Crippen molar-refractivity contribution in [1.29, 1.82) is 0 Å². The van der Waals surface area contributed by atoms with E-state index in [0.29, 0.717) is 0 Å². The van der Waals surface area contributed by atoms with E-state index in [0.717, 1.165) is 24.6 Å². The molecule has 2 rings (SSSR count). The molecule has 2 fully saturated rings. The van der Waals surface area contributed by atoms with Crippen molar-refractivity contribution in [3.8, 4) is 0 Å². The van der Waals surface area contributed by atoms with Crippen molar-refractivity contribution in [3.63, 3.8) is 0 Å². The van der Waals surface area contributed by atoms with E-state index >= 15 is 0 Å². The van der Waals surface area contributed by atoms with E-state index < -0.39 is 15.9 Å². The van der Waals surface area contributed by atoms with Gasteiger partial charge in [-0.1, -0.05) is 0 Å². The van der Waals surface area contributed by atoms with E-state index in [1.165, 1.54) is 19.1 Å². The lowest BCUT2D eigenvalue weighted by atomic mass is 10.5. The topological polar surface area (TPSA) is 93.2 Å². The van der Waals surface area contributed by atoms with Gasteiger partial charge in [0.05, 0.1) is 25.7 Å². The second-order valence-corrected chi connectivity index (χ2v) is 8.21. The van der Waals surface area contributed by atoms with Gasteiger partial charge < -0.3 is 19.3 Å². The van der Waals surface area contributed by atoms with Crippen molar-refractivity contribution >= 4 is 33.8 Å². The normalized spacial score (nSPS) is 20.5. The molecule has 0 aromatic heterocycles.